The van der Waals surface area contributed by atoms with Gasteiger partial charge in [0.05, 0.1) is 5.56 Å². The molecule has 1 aliphatic rings. The molecular weight excluding hydrogens is 335 g/mol. The molecule has 0 radical (unpaired) electrons. The molecule has 138 valence electrons. The van der Waals surface area contributed by atoms with E-state index in [1.807, 2.05) is 6.92 Å². The van der Waals surface area contributed by atoms with Gasteiger partial charge in [0.15, 0.2) is 0 Å². The van der Waals surface area contributed by atoms with Gasteiger partial charge in [0.25, 0.3) is 5.91 Å². The molecule has 1 aliphatic heterocycles. The standard InChI is InChI=1S/C20H23FN2O3/c1-14(16-7-9-25-10-8-16)23-20(24)17-5-6-19(22-12-17)26-13-15-3-2-4-18(21)11-15/h2-6,11-12,14,16H,7-10,13H2,1H3,(H,23,24). The van der Waals surface area contributed by atoms with Crippen molar-refractivity contribution in [3.63, 3.8) is 0 Å². The molecule has 26 heavy (non-hydrogen) atoms. The summed E-state index contributed by atoms with van der Waals surface area (Å²) in [5.74, 6) is 0.385. The Morgan fingerprint density at radius 2 is 2.15 bits per heavy atom. The smallest absolute Gasteiger partial charge is 0.253 e. The van der Waals surface area contributed by atoms with Gasteiger partial charge in [-0.05, 0) is 49.4 Å². The van der Waals surface area contributed by atoms with E-state index in [4.69, 9.17) is 9.47 Å². The molecule has 1 N–H and O–H groups in total. The molecule has 1 fully saturated rings. The molecule has 0 spiro atoms. The number of amides is 1. The third kappa shape index (κ3) is 5.02. The van der Waals surface area contributed by atoms with Crippen molar-refractivity contribution in [2.75, 3.05) is 13.2 Å². The van der Waals surface area contributed by atoms with Crippen LogP contribution in [0.4, 0.5) is 4.39 Å². The highest BCUT2D eigenvalue weighted by Gasteiger charge is 2.22. The second kappa shape index (κ2) is 8.76. The second-order valence-corrected chi connectivity index (χ2v) is 6.52. The number of carbonyl (C=O) groups is 1. The van der Waals surface area contributed by atoms with Crippen LogP contribution in [-0.2, 0) is 11.3 Å². The molecular formula is C20H23FN2O3. The number of rotatable bonds is 6. The molecule has 1 saturated heterocycles. The fourth-order valence-corrected chi connectivity index (χ4v) is 3.01. The number of benzene rings is 1. The van der Waals surface area contributed by atoms with E-state index in [1.54, 1.807) is 24.3 Å². The highest BCUT2D eigenvalue weighted by Crippen LogP contribution is 2.19. The molecule has 0 bridgehead atoms. The number of hydrogen-bond acceptors (Lipinski definition) is 4. The summed E-state index contributed by atoms with van der Waals surface area (Å²) in [6, 6.07) is 9.63. The summed E-state index contributed by atoms with van der Waals surface area (Å²) < 4.78 is 24.0. The molecule has 6 heteroatoms. The summed E-state index contributed by atoms with van der Waals surface area (Å²) in [5, 5.41) is 3.03. The number of aromatic nitrogens is 1. The molecule has 1 aromatic carbocycles. The molecule has 2 aromatic rings. The third-order valence-corrected chi connectivity index (χ3v) is 4.61. The van der Waals surface area contributed by atoms with Crippen molar-refractivity contribution in [3.8, 4) is 5.88 Å². The molecule has 0 aliphatic carbocycles. The van der Waals surface area contributed by atoms with E-state index in [0.717, 1.165) is 31.6 Å². The first-order valence-corrected chi connectivity index (χ1v) is 8.84. The van der Waals surface area contributed by atoms with E-state index < -0.39 is 0 Å². The molecule has 3 rings (SSSR count). The number of nitrogens with zero attached hydrogens (tertiary/aromatic N) is 1. The van der Waals surface area contributed by atoms with E-state index in [2.05, 4.69) is 10.3 Å². The van der Waals surface area contributed by atoms with E-state index in [1.165, 1.54) is 18.3 Å². The fraction of sp³-hybridized carbons (Fsp3) is 0.400. The van der Waals surface area contributed by atoms with Crippen LogP contribution in [0.2, 0.25) is 0 Å². The van der Waals surface area contributed by atoms with E-state index in [9.17, 15) is 9.18 Å². The van der Waals surface area contributed by atoms with Crippen molar-refractivity contribution in [1.82, 2.24) is 10.3 Å². The lowest BCUT2D eigenvalue weighted by atomic mass is 9.93. The molecule has 5 nitrogen and oxygen atoms in total. The maximum atomic E-state index is 13.2. The van der Waals surface area contributed by atoms with E-state index in [-0.39, 0.29) is 24.4 Å². The molecule has 0 saturated carbocycles. The van der Waals surface area contributed by atoms with Crippen LogP contribution in [0.3, 0.4) is 0 Å². The summed E-state index contributed by atoms with van der Waals surface area (Å²) in [7, 11) is 0. The zero-order valence-electron chi connectivity index (χ0n) is 14.8. The predicted octanol–water partition coefficient (Wildman–Crippen LogP) is 3.34. The summed E-state index contributed by atoms with van der Waals surface area (Å²) in [6.07, 6.45) is 3.42. The zero-order valence-corrected chi connectivity index (χ0v) is 14.8. The number of hydrogen-bond donors (Lipinski definition) is 1. The topological polar surface area (TPSA) is 60.5 Å². The van der Waals surface area contributed by atoms with Crippen LogP contribution in [0.1, 0.15) is 35.7 Å². The van der Waals surface area contributed by atoms with Crippen molar-refractivity contribution in [2.24, 2.45) is 5.92 Å². The maximum Gasteiger partial charge on any atom is 0.253 e. The number of nitrogens with one attached hydrogen (secondary N) is 1. The normalized spacial score (nSPS) is 16.1. The van der Waals surface area contributed by atoms with Crippen molar-refractivity contribution in [1.29, 1.82) is 0 Å². The Kier molecular flexibility index (Phi) is 6.17. The van der Waals surface area contributed by atoms with Crippen LogP contribution in [0, 0.1) is 11.7 Å². The van der Waals surface area contributed by atoms with Crippen LogP contribution in [0.5, 0.6) is 5.88 Å². The molecule has 1 aromatic heterocycles. The SMILES string of the molecule is CC(NC(=O)c1ccc(OCc2cccc(F)c2)nc1)C1CCOCC1. The Bertz CT molecular complexity index is 730. The Hall–Kier alpha value is -2.47. The summed E-state index contributed by atoms with van der Waals surface area (Å²) >= 11 is 0. The lowest BCUT2D eigenvalue weighted by molar-refractivity contribution is 0.0538. The maximum absolute atomic E-state index is 13.2. The number of pyridine rings is 1. The summed E-state index contributed by atoms with van der Waals surface area (Å²) in [6.45, 7) is 3.75. The summed E-state index contributed by atoms with van der Waals surface area (Å²) in [4.78, 5) is 16.5. The van der Waals surface area contributed by atoms with Gasteiger partial charge in [-0.3, -0.25) is 4.79 Å². The average molecular weight is 358 g/mol. The Labute approximate surface area is 152 Å². The highest BCUT2D eigenvalue weighted by atomic mass is 19.1. The first kappa shape index (κ1) is 18.3. The van der Waals surface area contributed by atoms with Gasteiger partial charge in [-0.2, -0.15) is 0 Å². The Balaban J connectivity index is 1.52. The number of ether oxygens (including phenoxy) is 2. The second-order valence-electron chi connectivity index (χ2n) is 6.52. The minimum Gasteiger partial charge on any atom is -0.473 e. The number of halogens is 1. The van der Waals surface area contributed by atoms with Gasteiger partial charge >= 0.3 is 0 Å². The quantitative estimate of drug-likeness (QED) is 0.860. The van der Waals surface area contributed by atoms with Gasteiger partial charge in [0.1, 0.15) is 12.4 Å². The monoisotopic (exact) mass is 358 g/mol. The van der Waals surface area contributed by atoms with E-state index in [0.29, 0.717) is 17.4 Å². The van der Waals surface area contributed by atoms with Gasteiger partial charge in [-0.25, -0.2) is 9.37 Å². The molecule has 2 heterocycles. The first-order valence-electron chi connectivity index (χ1n) is 8.84. The third-order valence-electron chi connectivity index (χ3n) is 4.61. The van der Waals surface area contributed by atoms with Gasteiger partial charge in [-0.1, -0.05) is 12.1 Å². The molecule has 1 atom stereocenters. The molecule has 1 unspecified atom stereocenters. The van der Waals surface area contributed by atoms with E-state index >= 15 is 0 Å². The van der Waals surface area contributed by atoms with Gasteiger partial charge in [-0.15, -0.1) is 0 Å². The predicted molar refractivity (Wildman–Crippen MR) is 95.4 cm³/mol. The van der Waals surface area contributed by atoms with Crippen molar-refractivity contribution in [2.45, 2.75) is 32.4 Å². The largest absolute Gasteiger partial charge is 0.473 e. The van der Waals surface area contributed by atoms with Crippen LogP contribution in [-0.4, -0.2) is 30.1 Å². The van der Waals surface area contributed by atoms with Crippen LogP contribution >= 0.6 is 0 Å². The highest BCUT2D eigenvalue weighted by molar-refractivity contribution is 5.94. The summed E-state index contributed by atoms with van der Waals surface area (Å²) in [5.41, 5.74) is 1.21. The van der Waals surface area contributed by atoms with Crippen molar-refractivity contribution < 1.29 is 18.7 Å². The molecule has 1 amide bonds. The average Bonchev–Trinajstić information content (AvgIpc) is 2.67. The minimum absolute atomic E-state index is 0.0929. The Morgan fingerprint density at radius 1 is 1.35 bits per heavy atom. The Morgan fingerprint density at radius 3 is 2.85 bits per heavy atom. The van der Waals surface area contributed by atoms with Crippen LogP contribution in [0.25, 0.3) is 0 Å². The lowest BCUT2D eigenvalue weighted by Gasteiger charge is -2.28. The van der Waals surface area contributed by atoms with Gasteiger partial charge < -0.3 is 14.8 Å². The van der Waals surface area contributed by atoms with Gasteiger partial charge in [0, 0.05) is 31.5 Å². The van der Waals surface area contributed by atoms with Crippen LogP contribution in [0.15, 0.2) is 42.6 Å². The zero-order chi connectivity index (χ0) is 18.4. The van der Waals surface area contributed by atoms with Crippen molar-refractivity contribution in [3.05, 3.63) is 59.5 Å². The lowest BCUT2D eigenvalue weighted by Crippen LogP contribution is -2.40. The first-order chi connectivity index (χ1) is 12.6. The fourth-order valence-electron chi connectivity index (χ4n) is 3.01. The number of carbonyl (C=O) groups excluding carboxylic acids is 1. The van der Waals surface area contributed by atoms with Crippen molar-refractivity contribution >= 4 is 5.91 Å². The van der Waals surface area contributed by atoms with Gasteiger partial charge in [0.2, 0.25) is 5.88 Å². The minimum atomic E-state index is -0.301. The van der Waals surface area contributed by atoms with Crippen LogP contribution < -0.4 is 10.1 Å².